The zero-order chi connectivity index (χ0) is 16.1. The van der Waals surface area contributed by atoms with Crippen LogP contribution < -0.4 is 5.32 Å². The van der Waals surface area contributed by atoms with Crippen LogP contribution in [0.1, 0.15) is 51.0 Å². The van der Waals surface area contributed by atoms with Crippen molar-refractivity contribution < 1.29 is 9.59 Å². The van der Waals surface area contributed by atoms with E-state index in [0.29, 0.717) is 13.0 Å². The molecule has 1 N–H and O–H groups in total. The molecule has 1 saturated carbocycles. The van der Waals surface area contributed by atoms with Crippen molar-refractivity contribution in [3.05, 3.63) is 18.5 Å². The minimum absolute atomic E-state index is 0.128. The summed E-state index contributed by atoms with van der Waals surface area (Å²) in [5, 5.41) is 7.19. The van der Waals surface area contributed by atoms with E-state index in [1.807, 2.05) is 21.8 Å². The average Bonchev–Trinajstić information content (AvgIpc) is 3.26. The summed E-state index contributed by atoms with van der Waals surface area (Å²) in [7, 11) is 0. The molecule has 23 heavy (non-hydrogen) atoms. The molecule has 2 fully saturated rings. The highest BCUT2D eigenvalue weighted by atomic mass is 16.2. The topological polar surface area (TPSA) is 67.2 Å². The van der Waals surface area contributed by atoms with Gasteiger partial charge in [-0.2, -0.15) is 5.10 Å². The van der Waals surface area contributed by atoms with Crippen LogP contribution in [0.3, 0.4) is 0 Å². The summed E-state index contributed by atoms with van der Waals surface area (Å²) in [5.74, 6) is 0.423. The van der Waals surface area contributed by atoms with Crippen molar-refractivity contribution in [2.45, 2.75) is 51.0 Å². The molecule has 3 rings (SSSR count). The highest BCUT2D eigenvalue weighted by Crippen LogP contribution is 2.24. The van der Waals surface area contributed by atoms with Crippen LogP contribution in [0.15, 0.2) is 18.5 Å². The first-order chi connectivity index (χ1) is 11.2. The number of carbonyl (C=O) groups is 2. The molecular formula is C17H26N4O2. The Hall–Kier alpha value is -1.85. The lowest BCUT2D eigenvalue weighted by atomic mass is 9.89. The monoisotopic (exact) mass is 318 g/mol. The third kappa shape index (κ3) is 4.12. The maximum atomic E-state index is 12.3. The highest BCUT2D eigenvalue weighted by molar-refractivity contribution is 5.80. The van der Waals surface area contributed by atoms with E-state index in [4.69, 9.17) is 0 Å². The molecule has 6 heteroatoms. The minimum atomic E-state index is 0.128. The normalized spacial score (nSPS) is 22.3. The van der Waals surface area contributed by atoms with Gasteiger partial charge in [0.15, 0.2) is 0 Å². The summed E-state index contributed by atoms with van der Waals surface area (Å²) < 4.78 is 1.93. The van der Waals surface area contributed by atoms with E-state index in [-0.39, 0.29) is 23.8 Å². The maximum absolute atomic E-state index is 12.3. The number of hydrogen-bond acceptors (Lipinski definition) is 3. The lowest BCUT2D eigenvalue weighted by molar-refractivity contribution is -0.130. The van der Waals surface area contributed by atoms with Gasteiger partial charge in [0, 0.05) is 44.4 Å². The van der Waals surface area contributed by atoms with Gasteiger partial charge < -0.3 is 10.2 Å². The molecule has 1 atom stereocenters. The van der Waals surface area contributed by atoms with Crippen LogP contribution in [-0.2, 0) is 9.59 Å². The lowest BCUT2D eigenvalue weighted by Gasteiger charge is -2.21. The van der Waals surface area contributed by atoms with Crippen LogP contribution in [0, 0.1) is 5.92 Å². The third-order valence-electron chi connectivity index (χ3n) is 5.03. The molecule has 126 valence electrons. The summed E-state index contributed by atoms with van der Waals surface area (Å²) in [6, 6.07) is 2.19. The van der Waals surface area contributed by atoms with Crippen LogP contribution in [0.25, 0.3) is 0 Å². The van der Waals surface area contributed by atoms with E-state index in [1.54, 1.807) is 6.20 Å². The van der Waals surface area contributed by atoms with Gasteiger partial charge in [-0.3, -0.25) is 14.3 Å². The Morgan fingerprint density at radius 2 is 2.00 bits per heavy atom. The average molecular weight is 318 g/mol. The van der Waals surface area contributed by atoms with E-state index >= 15 is 0 Å². The van der Waals surface area contributed by atoms with Crippen LogP contribution in [0.2, 0.25) is 0 Å². The Balaban J connectivity index is 1.37. The Morgan fingerprint density at radius 1 is 1.17 bits per heavy atom. The molecule has 2 aliphatic rings. The second-order valence-corrected chi connectivity index (χ2v) is 6.64. The fraction of sp³-hybridized carbons (Fsp3) is 0.706. The van der Waals surface area contributed by atoms with Crippen molar-refractivity contribution in [2.24, 2.45) is 5.92 Å². The summed E-state index contributed by atoms with van der Waals surface area (Å²) in [6.07, 6.45) is 10.6. The van der Waals surface area contributed by atoms with Crippen molar-refractivity contribution in [3.8, 4) is 0 Å². The number of likely N-dealkylation sites (tertiary alicyclic amines) is 1. The smallest absolute Gasteiger partial charge is 0.224 e. The molecule has 2 amide bonds. The van der Waals surface area contributed by atoms with E-state index in [0.717, 1.165) is 45.2 Å². The molecule has 1 aliphatic carbocycles. The number of carbonyl (C=O) groups excluding carboxylic acids is 2. The van der Waals surface area contributed by atoms with E-state index in [9.17, 15) is 9.59 Å². The first-order valence-electron chi connectivity index (χ1n) is 8.78. The summed E-state index contributed by atoms with van der Waals surface area (Å²) in [4.78, 5) is 26.2. The summed E-state index contributed by atoms with van der Waals surface area (Å²) >= 11 is 0. The van der Waals surface area contributed by atoms with Gasteiger partial charge in [0.05, 0.1) is 6.04 Å². The fourth-order valence-corrected chi connectivity index (χ4v) is 3.64. The van der Waals surface area contributed by atoms with E-state index < -0.39 is 0 Å². The number of rotatable bonds is 5. The highest BCUT2D eigenvalue weighted by Gasteiger charge is 2.27. The standard InChI is InChI=1S/C17H26N4O2/c22-16(7-10-18-17(23)14-5-2-1-3-6-14)20-12-8-15(13-20)21-11-4-9-19-21/h4,9,11,14-15H,1-3,5-8,10,12-13H2,(H,18,23). The molecule has 1 aromatic heterocycles. The molecule has 0 spiro atoms. The molecule has 1 aliphatic heterocycles. The second kappa shape index (κ2) is 7.62. The van der Waals surface area contributed by atoms with E-state index in [1.165, 1.54) is 6.42 Å². The number of nitrogens with one attached hydrogen (secondary N) is 1. The zero-order valence-corrected chi connectivity index (χ0v) is 13.6. The second-order valence-electron chi connectivity index (χ2n) is 6.64. The zero-order valence-electron chi connectivity index (χ0n) is 13.6. The van der Waals surface area contributed by atoms with Crippen molar-refractivity contribution >= 4 is 11.8 Å². The molecule has 6 nitrogen and oxygen atoms in total. The van der Waals surface area contributed by atoms with Gasteiger partial charge >= 0.3 is 0 Å². The molecule has 0 aromatic carbocycles. The van der Waals surface area contributed by atoms with Gasteiger partial charge in [-0.15, -0.1) is 0 Å². The van der Waals surface area contributed by atoms with Gasteiger partial charge in [0.2, 0.25) is 11.8 Å². The van der Waals surface area contributed by atoms with Gasteiger partial charge in [-0.1, -0.05) is 19.3 Å². The molecule has 1 aromatic rings. The Labute approximate surface area is 137 Å². The van der Waals surface area contributed by atoms with Gasteiger partial charge in [-0.25, -0.2) is 0 Å². The van der Waals surface area contributed by atoms with Crippen molar-refractivity contribution in [3.63, 3.8) is 0 Å². The third-order valence-corrected chi connectivity index (χ3v) is 5.03. The summed E-state index contributed by atoms with van der Waals surface area (Å²) in [6.45, 7) is 1.95. The summed E-state index contributed by atoms with van der Waals surface area (Å²) in [5.41, 5.74) is 0. The first-order valence-corrected chi connectivity index (χ1v) is 8.78. The van der Waals surface area contributed by atoms with Crippen molar-refractivity contribution in [1.29, 1.82) is 0 Å². The van der Waals surface area contributed by atoms with Crippen molar-refractivity contribution in [1.82, 2.24) is 20.0 Å². The lowest BCUT2D eigenvalue weighted by Crippen LogP contribution is -2.36. The molecule has 0 radical (unpaired) electrons. The van der Waals surface area contributed by atoms with Crippen molar-refractivity contribution in [2.75, 3.05) is 19.6 Å². The maximum Gasteiger partial charge on any atom is 0.224 e. The number of hydrogen-bond donors (Lipinski definition) is 1. The minimum Gasteiger partial charge on any atom is -0.355 e. The molecule has 2 heterocycles. The number of aromatic nitrogens is 2. The Morgan fingerprint density at radius 3 is 2.74 bits per heavy atom. The fourth-order valence-electron chi connectivity index (χ4n) is 3.64. The molecule has 0 bridgehead atoms. The SMILES string of the molecule is O=C(NCCC(=O)N1CCC(n2cccn2)C1)C1CCCCC1. The van der Waals surface area contributed by atoms with Gasteiger partial charge in [-0.05, 0) is 25.3 Å². The van der Waals surface area contributed by atoms with Crippen LogP contribution in [0.4, 0.5) is 0 Å². The van der Waals surface area contributed by atoms with Crippen LogP contribution in [0.5, 0.6) is 0 Å². The van der Waals surface area contributed by atoms with Gasteiger partial charge in [0.1, 0.15) is 0 Å². The van der Waals surface area contributed by atoms with Crippen LogP contribution in [-0.4, -0.2) is 46.1 Å². The predicted molar refractivity (Wildman–Crippen MR) is 86.7 cm³/mol. The van der Waals surface area contributed by atoms with Gasteiger partial charge in [0.25, 0.3) is 0 Å². The van der Waals surface area contributed by atoms with E-state index in [2.05, 4.69) is 10.4 Å². The largest absolute Gasteiger partial charge is 0.355 e. The Bertz CT molecular complexity index is 523. The first kappa shape index (κ1) is 16.0. The predicted octanol–water partition coefficient (Wildman–Crippen LogP) is 1.74. The molecular weight excluding hydrogens is 292 g/mol. The quantitative estimate of drug-likeness (QED) is 0.899. The number of nitrogens with zero attached hydrogens (tertiary/aromatic N) is 3. The Kier molecular flexibility index (Phi) is 5.31. The number of amides is 2. The van der Waals surface area contributed by atoms with Crippen LogP contribution >= 0.6 is 0 Å². The molecule has 1 unspecified atom stereocenters. The molecule has 1 saturated heterocycles.